The molecule has 2 aliphatic heterocycles. The van der Waals surface area contributed by atoms with Crippen molar-refractivity contribution >= 4 is 11.8 Å². The van der Waals surface area contributed by atoms with Crippen molar-refractivity contribution in [1.29, 1.82) is 0 Å². The summed E-state index contributed by atoms with van der Waals surface area (Å²) < 4.78 is 11.4. The predicted molar refractivity (Wildman–Crippen MR) is 84.8 cm³/mol. The minimum atomic E-state index is -0.595. The normalized spacial score (nSPS) is 23.7. The number of hydroxylamine groups is 1. The lowest BCUT2D eigenvalue weighted by Gasteiger charge is -2.31. The van der Waals surface area contributed by atoms with Gasteiger partial charge in [0, 0.05) is 24.3 Å². The van der Waals surface area contributed by atoms with E-state index in [4.69, 9.17) is 14.7 Å². The summed E-state index contributed by atoms with van der Waals surface area (Å²) in [6.07, 6.45) is 2.39. The number of amides is 2. The van der Waals surface area contributed by atoms with Gasteiger partial charge < -0.3 is 14.4 Å². The van der Waals surface area contributed by atoms with Gasteiger partial charge in [-0.3, -0.25) is 14.8 Å². The fraction of sp³-hybridized carbons (Fsp3) is 0.529. The molecule has 2 heterocycles. The Morgan fingerprint density at radius 2 is 2.17 bits per heavy atom. The molecule has 2 aliphatic rings. The van der Waals surface area contributed by atoms with Crippen LogP contribution in [0, 0.1) is 0 Å². The number of ether oxygens (including phenoxy) is 2. The van der Waals surface area contributed by atoms with Crippen molar-refractivity contribution in [2.45, 2.75) is 44.9 Å². The van der Waals surface area contributed by atoms with E-state index < -0.39 is 5.91 Å². The maximum Gasteiger partial charge on any atom is 0.274 e. The number of nitrogens with zero attached hydrogens (tertiary/aromatic N) is 1. The van der Waals surface area contributed by atoms with Crippen LogP contribution in [0.1, 0.15) is 42.1 Å². The highest BCUT2D eigenvalue weighted by Crippen LogP contribution is 2.28. The van der Waals surface area contributed by atoms with E-state index in [1.165, 1.54) is 0 Å². The van der Waals surface area contributed by atoms with Gasteiger partial charge in [-0.15, -0.1) is 0 Å². The third-order valence-corrected chi connectivity index (χ3v) is 4.52. The van der Waals surface area contributed by atoms with Crippen molar-refractivity contribution < 1.29 is 24.3 Å². The highest BCUT2D eigenvalue weighted by molar-refractivity contribution is 5.93. The van der Waals surface area contributed by atoms with E-state index in [9.17, 15) is 9.59 Å². The van der Waals surface area contributed by atoms with Gasteiger partial charge in [0.15, 0.2) is 0 Å². The highest BCUT2D eigenvalue weighted by Gasteiger charge is 2.32. The van der Waals surface area contributed by atoms with Crippen LogP contribution in [0.4, 0.5) is 0 Å². The molecule has 130 valence electrons. The molecule has 1 saturated heterocycles. The molecule has 1 aromatic carbocycles. The van der Waals surface area contributed by atoms with Crippen molar-refractivity contribution in [3.8, 4) is 5.75 Å². The summed E-state index contributed by atoms with van der Waals surface area (Å²) in [7, 11) is 0. The summed E-state index contributed by atoms with van der Waals surface area (Å²) in [6, 6.07) is 4.84. The van der Waals surface area contributed by atoms with Crippen molar-refractivity contribution in [2.75, 3.05) is 13.2 Å². The monoisotopic (exact) mass is 334 g/mol. The largest absolute Gasteiger partial charge is 0.491 e. The van der Waals surface area contributed by atoms with Gasteiger partial charge in [0.05, 0.1) is 6.04 Å². The maximum atomic E-state index is 12.8. The van der Waals surface area contributed by atoms with Crippen LogP contribution >= 0.6 is 0 Å². The average molecular weight is 334 g/mol. The number of benzene rings is 1. The number of nitrogens with one attached hydrogen (secondary N) is 1. The SMILES string of the molecule is CC1COc2cc(C(=O)NO)ccc2CN1C(=O)C1CCCCO1. The molecule has 2 atom stereocenters. The van der Waals surface area contributed by atoms with E-state index in [0.717, 1.165) is 24.8 Å². The van der Waals surface area contributed by atoms with Crippen molar-refractivity contribution in [3.05, 3.63) is 29.3 Å². The minimum Gasteiger partial charge on any atom is -0.491 e. The Morgan fingerprint density at radius 3 is 2.88 bits per heavy atom. The van der Waals surface area contributed by atoms with Crippen LogP contribution in [0.3, 0.4) is 0 Å². The molecule has 3 rings (SSSR count). The third-order valence-electron chi connectivity index (χ3n) is 4.52. The van der Waals surface area contributed by atoms with Crippen LogP contribution in [-0.4, -0.2) is 47.3 Å². The van der Waals surface area contributed by atoms with Gasteiger partial charge in [-0.2, -0.15) is 0 Å². The van der Waals surface area contributed by atoms with E-state index in [1.54, 1.807) is 28.6 Å². The molecular formula is C17H22N2O5. The first-order chi connectivity index (χ1) is 11.6. The molecule has 2 unspecified atom stereocenters. The van der Waals surface area contributed by atoms with Gasteiger partial charge in [-0.05, 0) is 38.3 Å². The Hall–Kier alpha value is -2.12. The summed E-state index contributed by atoms with van der Waals surface area (Å²) in [6.45, 7) is 3.32. The first kappa shape index (κ1) is 16.7. The predicted octanol–water partition coefficient (Wildman–Crippen LogP) is 1.48. The zero-order chi connectivity index (χ0) is 17.1. The second kappa shape index (κ2) is 7.19. The zero-order valence-electron chi connectivity index (χ0n) is 13.7. The summed E-state index contributed by atoms with van der Waals surface area (Å²) in [5, 5.41) is 8.74. The summed E-state index contributed by atoms with van der Waals surface area (Å²) >= 11 is 0. The van der Waals surface area contributed by atoms with Gasteiger partial charge in [0.2, 0.25) is 0 Å². The number of rotatable bonds is 2. The first-order valence-electron chi connectivity index (χ1n) is 8.22. The molecule has 1 aromatic rings. The molecule has 0 radical (unpaired) electrons. The number of carbonyl (C=O) groups is 2. The molecule has 0 aromatic heterocycles. The van der Waals surface area contributed by atoms with E-state index in [1.807, 2.05) is 6.92 Å². The lowest BCUT2D eigenvalue weighted by molar-refractivity contribution is -0.149. The van der Waals surface area contributed by atoms with Crippen LogP contribution in [0.2, 0.25) is 0 Å². The van der Waals surface area contributed by atoms with Gasteiger partial charge in [0.1, 0.15) is 18.5 Å². The summed E-state index contributed by atoms with van der Waals surface area (Å²) in [4.78, 5) is 26.1. The fourth-order valence-electron chi connectivity index (χ4n) is 3.08. The summed E-state index contributed by atoms with van der Waals surface area (Å²) in [5.41, 5.74) is 2.74. The van der Waals surface area contributed by atoms with Gasteiger partial charge in [-0.1, -0.05) is 6.07 Å². The van der Waals surface area contributed by atoms with Crippen molar-refractivity contribution in [3.63, 3.8) is 0 Å². The van der Waals surface area contributed by atoms with Crippen molar-refractivity contribution in [1.82, 2.24) is 10.4 Å². The van der Waals surface area contributed by atoms with Crippen LogP contribution in [0.15, 0.2) is 18.2 Å². The molecular weight excluding hydrogens is 312 g/mol. The van der Waals surface area contributed by atoms with Crippen LogP contribution in [0.5, 0.6) is 5.75 Å². The molecule has 24 heavy (non-hydrogen) atoms. The first-order valence-corrected chi connectivity index (χ1v) is 8.22. The third kappa shape index (κ3) is 3.37. The molecule has 1 fully saturated rings. The Bertz CT molecular complexity index is 627. The van der Waals surface area contributed by atoms with E-state index in [2.05, 4.69) is 0 Å². The molecule has 7 heteroatoms. The molecule has 2 amide bonds. The van der Waals surface area contributed by atoms with Gasteiger partial charge >= 0.3 is 0 Å². The lowest BCUT2D eigenvalue weighted by atomic mass is 10.1. The number of fused-ring (bicyclic) bond motifs is 1. The summed E-state index contributed by atoms with van der Waals surface area (Å²) in [5.74, 6) is -0.0409. The van der Waals surface area contributed by atoms with Gasteiger partial charge in [-0.25, -0.2) is 5.48 Å². The van der Waals surface area contributed by atoms with E-state index >= 15 is 0 Å². The van der Waals surface area contributed by atoms with Crippen LogP contribution in [-0.2, 0) is 16.1 Å². The molecule has 7 nitrogen and oxygen atoms in total. The average Bonchev–Trinajstić information content (AvgIpc) is 2.80. The Labute approximate surface area is 140 Å². The van der Waals surface area contributed by atoms with E-state index in [-0.39, 0.29) is 18.1 Å². The zero-order valence-corrected chi connectivity index (χ0v) is 13.7. The molecule has 0 saturated carbocycles. The quantitative estimate of drug-likeness (QED) is 0.632. The molecule has 0 aliphatic carbocycles. The minimum absolute atomic E-state index is 0.00386. The van der Waals surface area contributed by atoms with Crippen molar-refractivity contribution in [2.24, 2.45) is 0 Å². The molecule has 2 N–H and O–H groups in total. The number of carbonyl (C=O) groups excluding carboxylic acids is 2. The van der Waals surface area contributed by atoms with Crippen LogP contribution < -0.4 is 10.2 Å². The topological polar surface area (TPSA) is 88.1 Å². The highest BCUT2D eigenvalue weighted by atomic mass is 16.5. The Balaban J connectivity index is 1.81. The lowest BCUT2D eigenvalue weighted by Crippen LogP contribution is -2.46. The number of hydrogen-bond donors (Lipinski definition) is 2. The number of hydrogen-bond acceptors (Lipinski definition) is 5. The second-order valence-electron chi connectivity index (χ2n) is 6.24. The fourth-order valence-corrected chi connectivity index (χ4v) is 3.08. The molecule has 0 bridgehead atoms. The maximum absolute atomic E-state index is 12.8. The standard InChI is InChI=1S/C17H22N2O5/c1-11-10-24-15-8-12(16(20)18-22)5-6-13(15)9-19(11)17(21)14-4-2-3-7-23-14/h5-6,8,11,14,22H,2-4,7,9-10H2,1H3,(H,18,20). The van der Waals surface area contributed by atoms with Gasteiger partial charge in [0.25, 0.3) is 11.8 Å². The van der Waals surface area contributed by atoms with Crippen LogP contribution in [0.25, 0.3) is 0 Å². The second-order valence-corrected chi connectivity index (χ2v) is 6.24. The Morgan fingerprint density at radius 1 is 1.33 bits per heavy atom. The van der Waals surface area contributed by atoms with E-state index in [0.29, 0.717) is 31.1 Å². The molecule has 0 spiro atoms. The smallest absolute Gasteiger partial charge is 0.274 e. The Kier molecular flexibility index (Phi) is 5.01.